The van der Waals surface area contributed by atoms with E-state index in [0.29, 0.717) is 25.0 Å². The monoisotopic (exact) mass is 2080 g/mol. The Labute approximate surface area is 665 Å². The molecule has 0 fully saturated rings. The quantitative estimate of drug-likeness (QED) is 0.0649. The number of unbranched alkanes of at least 4 members (excludes halogenated alkanes) is 2. The largest absolute Gasteiger partial charge is 0.490 e. The summed E-state index contributed by atoms with van der Waals surface area (Å²) < 4.78 is 20.2. The molecule has 0 amide bonds. The van der Waals surface area contributed by atoms with E-state index in [1.165, 1.54) is 49.6 Å². The summed E-state index contributed by atoms with van der Waals surface area (Å²) in [6, 6.07) is 99.0. The molecule has 0 unspecified atom stereocenters. The van der Waals surface area contributed by atoms with Crippen molar-refractivity contribution in [2.75, 3.05) is 13.2 Å². The summed E-state index contributed by atoms with van der Waals surface area (Å²) in [5.74, 6) is 2.63. The van der Waals surface area contributed by atoms with E-state index < -0.39 is 0 Å². The number of aryl methyl sites for hydroxylation is 2. The molecule has 6 heterocycles. The van der Waals surface area contributed by atoms with Crippen LogP contribution in [0.2, 0.25) is 0 Å². The van der Waals surface area contributed by atoms with Crippen LogP contribution in [-0.4, -0.2) is 47.9 Å². The Hall–Kier alpha value is -9.28. The molecular weight excluding hydrogens is 2000 g/mol. The maximum Gasteiger partial charge on any atom is 0.248 e. The zero-order valence-corrected chi connectivity index (χ0v) is 68.6. The van der Waals surface area contributed by atoms with Crippen molar-refractivity contribution in [1.82, 2.24) is 34.7 Å². The third kappa shape index (κ3) is 20.8. The minimum atomic E-state index is 0. The van der Waals surface area contributed by atoms with Gasteiger partial charge in [-0.3, -0.25) is 0 Å². The van der Waals surface area contributed by atoms with E-state index in [1.807, 2.05) is 140 Å². The third-order valence-electron chi connectivity index (χ3n) is 17.0. The number of hydrogen-bond acceptors (Lipinski definition) is 9. The second-order valence-corrected chi connectivity index (χ2v) is 25.3. The summed E-state index contributed by atoms with van der Waals surface area (Å²) >= 11 is 0. The Balaban J connectivity index is 0.000000174. The second-order valence-electron chi connectivity index (χ2n) is 25.3. The van der Waals surface area contributed by atoms with Crippen LogP contribution in [0.3, 0.4) is 0 Å². The predicted octanol–water partition coefficient (Wildman–Crippen LogP) is 22.6. The van der Waals surface area contributed by atoms with E-state index in [1.54, 1.807) is 12.4 Å². The number of nitrogens with zero attached hydrogens (tertiary/aromatic N) is 7. The van der Waals surface area contributed by atoms with Gasteiger partial charge in [-0.05, 0) is 149 Å². The van der Waals surface area contributed by atoms with Gasteiger partial charge in [0, 0.05) is 122 Å². The summed E-state index contributed by atoms with van der Waals surface area (Å²) in [5, 5.41) is 11.0. The van der Waals surface area contributed by atoms with Crippen molar-refractivity contribution in [2.24, 2.45) is 0 Å². The van der Waals surface area contributed by atoms with Crippen molar-refractivity contribution in [3.05, 3.63) is 321 Å². The van der Waals surface area contributed by atoms with Gasteiger partial charge in [-0.15, -0.1) is 141 Å². The molecule has 14 heteroatoms. The minimum Gasteiger partial charge on any atom is -0.490 e. The standard InChI is InChI=1S/C25H28NO2.C23H20N3O.C23H15N2.C19H16N.4Ir/c1-3-5-16-27-24-14-13-21(19-25(24)28-17-6-4-2)20-10-9-11-22(18-20)23-12-7-8-15-26-23;1-23(2,3)19-12-10-16(11-13-19)21-25-26-22(27-21)18-8-6-7-17(15-18)20-9-4-5-14-24-20;1-3-13-22-19(10-1)20-11-2-4-14-23(20)25(22)18-9-7-8-17(16-18)21-12-5-6-15-24-21;1-14-9-10-15(2)18(12-14)16-6-5-7-17(13-16)19-8-3-4-11-20-19;;;;/h7-10,12-15,18-19H,3-6,16-17H2,1-2H3;4-6,8-15H,1-3H3;1-7,9-16H;3-6,8-13H,1-2H3;;;;/q4*-1;;;;. The average Bonchev–Trinajstić information content (AvgIpc) is 1.61. The summed E-state index contributed by atoms with van der Waals surface area (Å²) in [6.45, 7) is 16.6. The van der Waals surface area contributed by atoms with E-state index in [9.17, 15) is 0 Å². The fraction of sp³-hybridized carbons (Fsp3) is 0.156. The number of aromatic nitrogens is 7. The van der Waals surface area contributed by atoms with Gasteiger partial charge in [-0.25, -0.2) is 0 Å². The maximum absolute atomic E-state index is 6.04. The van der Waals surface area contributed by atoms with Gasteiger partial charge in [0.2, 0.25) is 11.8 Å². The SMILES string of the molecule is CC(C)(C)c1ccc(-c2nnc(-c3cc[c-]c(-c4ccccn4)c3)o2)cc1.CCCCOc1ccc(-c2cc[c-]c(-c3ccccn3)c2)cc1OCCCC.Cc1ccc(C)c(-c2cc[c-]c(-c3ccccn3)c2)c1.[Ir].[Ir].[Ir].[Ir].[c-]1ccc(-n2c3ccccc3c3ccccc32)cc1-c1ccccn1. The van der Waals surface area contributed by atoms with Crippen molar-refractivity contribution in [2.45, 2.75) is 79.6 Å². The third-order valence-corrected chi connectivity index (χ3v) is 17.0. The molecule has 104 heavy (non-hydrogen) atoms. The number of hydrogen-bond donors (Lipinski definition) is 0. The number of fused-ring (bicyclic) bond motifs is 3. The van der Waals surface area contributed by atoms with Gasteiger partial charge >= 0.3 is 0 Å². The molecule has 9 aromatic carbocycles. The van der Waals surface area contributed by atoms with E-state index in [4.69, 9.17) is 13.9 Å². The zero-order chi connectivity index (χ0) is 69.1. The molecule has 0 spiro atoms. The molecule has 0 bridgehead atoms. The molecule has 0 aliphatic rings. The van der Waals surface area contributed by atoms with Gasteiger partial charge in [0.05, 0.1) is 24.2 Å². The van der Waals surface area contributed by atoms with Crippen molar-refractivity contribution in [3.8, 4) is 107 Å². The molecule has 0 aliphatic heterocycles. The van der Waals surface area contributed by atoms with Crippen molar-refractivity contribution in [1.29, 1.82) is 0 Å². The Bertz CT molecular complexity index is 5080. The van der Waals surface area contributed by atoms with Crippen LogP contribution in [0, 0.1) is 38.1 Å². The Morgan fingerprint density at radius 1 is 0.394 bits per heavy atom. The number of pyridine rings is 4. The zero-order valence-electron chi connectivity index (χ0n) is 59.0. The van der Waals surface area contributed by atoms with Gasteiger partial charge < -0.3 is 38.4 Å². The molecule has 15 rings (SSSR count). The Morgan fingerprint density at radius 2 is 0.817 bits per heavy atom. The van der Waals surface area contributed by atoms with Gasteiger partial charge in [0.25, 0.3) is 0 Å². The molecule has 532 valence electrons. The fourth-order valence-electron chi connectivity index (χ4n) is 11.5. The van der Waals surface area contributed by atoms with Crippen LogP contribution >= 0.6 is 0 Å². The second kappa shape index (κ2) is 39.6. The number of ether oxygens (including phenoxy) is 2. The molecule has 0 saturated heterocycles. The van der Waals surface area contributed by atoms with Gasteiger partial charge in [-0.2, -0.15) is 0 Å². The van der Waals surface area contributed by atoms with E-state index >= 15 is 0 Å². The molecule has 0 saturated carbocycles. The fourth-order valence-corrected chi connectivity index (χ4v) is 11.5. The van der Waals surface area contributed by atoms with E-state index in [2.05, 4.69) is 235 Å². The average molecular weight is 2080 g/mol. The first kappa shape index (κ1) is 80.4. The Morgan fingerprint density at radius 3 is 1.32 bits per heavy atom. The van der Waals surface area contributed by atoms with Crippen molar-refractivity contribution >= 4 is 21.8 Å². The molecule has 15 aromatic rings. The summed E-state index contributed by atoms with van der Waals surface area (Å²) in [5.41, 5.74) is 21.5. The first-order valence-electron chi connectivity index (χ1n) is 34.1. The van der Waals surface area contributed by atoms with Gasteiger partial charge in [-0.1, -0.05) is 174 Å². The van der Waals surface area contributed by atoms with E-state index in [0.717, 1.165) is 110 Å². The van der Waals surface area contributed by atoms with Crippen molar-refractivity contribution in [3.63, 3.8) is 0 Å². The molecule has 10 nitrogen and oxygen atoms in total. The number of para-hydroxylation sites is 2. The number of benzene rings is 9. The van der Waals surface area contributed by atoms with Crippen molar-refractivity contribution < 1.29 is 94.3 Å². The van der Waals surface area contributed by atoms with E-state index in [-0.39, 0.29) is 85.8 Å². The molecule has 0 N–H and O–H groups in total. The molecule has 0 aliphatic carbocycles. The normalized spacial score (nSPS) is 10.6. The Kier molecular flexibility index (Phi) is 30.6. The minimum absolute atomic E-state index is 0. The summed E-state index contributed by atoms with van der Waals surface area (Å²) in [6.07, 6.45) is 11.5. The maximum atomic E-state index is 6.04. The molecule has 4 radical (unpaired) electrons. The van der Waals surface area contributed by atoms with Crippen LogP contribution in [0.1, 0.15) is 77.0 Å². The van der Waals surface area contributed by atoms with Crippen LogP contribution in [0.25, 0.3) is 118 Å². The number of rotatable bonds is 17. The molecule has 6 aromatic heterocycles. The van der Waals surface area contributed by atoms with Gasteiger partial charge in [0.15, 0.2) is 11.5 Å². The van der Waals surface area contributed by atoms with Crippen LogP contribution in [0.5, 0.6) is 11.5 Å². The van der Waals surface area contributed by atoms with Crippen LogP contribution in [0.4, 0.5) is 0 Å². The van der Waals surface area contributed by atoms with Crippen LogP contribution in [0.15, 0.2) is 284 Å². The predicted molar refractivity (Wildman–Crippen MR) is 407 cm³/mol. The smallest absolute Gasteiger partial charge is 0.248 e. The topological polar surface area (TPSA) is 114 Å². The van der Waals surface area contributed by atoms with Crippen LogP contribution < -0.4 is 9.47 Å². The summed E-state index contributed by atoms with van der Waals surface area (Å²) in [7, 11) is 0. The molecular formula is C90H79Ir4N7O3-4. The molecule has 0 atom stereocenters. The first-order valence-corrected chi connectivity index (χ1v) is 34.1. The first-order chi connectivity index (χ1) is 49.0. The summed E-state index contributed by atoms with van der Waals surface area (Å²) in [4.78, 5) is 17.6. The van der Waals surface area contributed by atoms with Gasteiger partial charge in [0.1, 0.15) is 0 Å². The van der Waals surface area contributed by atoms with Crippen LogP contribution in [-0.2, 0) is 85.8 Å².